The number of aromatic nitrogens is 2. The lowest BCUT2D eigenvalue weighted by Gasteiger charge is -2.10. The second-order valence-corrected chi connectivity index (χ2v) is 7.83. The Hall–Kier alpha value is -3.65. The van der Waals surface area contributed by atoms with Crippen molar-refractivity contribution >= 4 is 23.4 Å². The molecule has 0 saturated heterocycles. The molecule has 1 aromatic heterocycles. The molecule has 3 aromatic carbocycles. The Kier molecular flexibility index (Phi) is 6.81. The van der Waals surface area contributed by atoms with E-state index in [1.54, 1.807) is 6.92 Å². The molecule has 0 radical (unpaired) electrons. The minimum atomic E-state index is -0.515. The maximum atomic E-state index is 13.0. The van der Waals surface area contributed by atoms with E-state index in [-0.39, 0.29) is 28.6 Å². The Morgan fingerprint density at radius 3 is 2.41 bits per heavy atom. The van der Waals surface area contributed by atoms with Gasteiger partial charge in [-0.2, -0.15) is 0 Å². The van der Waals surface area contributed by atoms with Crippen LogP contribution in [-0.2, 0) is 4.79 Å². The first-order valence-corrected chi connectivity index (χ1v) is 10.9. The van der Waals surface area contributed by atoms with Gasteiger partial charge in [0.2, 0.25) is 5.91 Å². The fourth-order valence-electron chi connectivity index (χ4n) is 2.91. The molecule has 4 rings (SSSR count). The number of hydrogen-bond acceptors (Lipinski definition) is 6. The molecule has 0 fully saturated rings. The first kappa shape index (κ1) is 21.6. The molecule has 4 aromatic rings. The Labute approximate surface area is 188 Å². The van der Waals surface area contributed by atoms with E-state index in [0.717, 1.165) is 22.9 Å². The molecule has 0 bridgehead atoms. The summed E-state index contributed by atoms with van der Waals surface area (Å²) in [7, 11) is 0. The Bertz CT molecular complexity index is 1170. The molecule has 0 aliphatic carbocycles. The highest BCUT2D eigenvalue weighted by atomic mass is 32.2. The van der Waals surface area contributed by atoms with Crippen LogP contribution in [0.1, 0.15) is 18.9 Å². The number of hydrogen-bond donors (Lipinski definition) is 1. The van der Waals surface area contributed by atoms with Crippen LogP contribution in [0.3, 0.4) is 0 Å². The van der Waals surface area contributed by atoms with Crippen molar-refractivity contribution in [1.82, 2.24) is 10.2 Å². The number of ether oxygens (including phenoxy) is 1. The lowest BCUT2D eigenvalue weighted by atomic mass is 10.1. The van der Waals surface area contributed by atoms with Crippen LogP contribution in [0.4, 0.5) is 10.1 Å². The van der Waals surface area contributed by atoms with Crippen molar-refractivity contribution in [2.75, 3.05) is 11.1 Å². The van der Waals surface area contributed by atoms with Gasteiger partial charge in [-0.15, -0.1) is 10.2 Å². The van der Waals surface area contributed by atoms with Crippen molar-refractivity contribution in [2.24, 2.45) is 0 Å². The van der Waals surface area contributed by atoms with Crippen LogP contribution in [0.2, 0.25) is 0 Å². The summed E-state index contributed by atoms with van der Waals surface area (Å²) in [4.78, 5) is 12.3. The van der Waals surface area contributed by atoms with Crippen LogP contribution < -0.4 is 10.1 Å². The summed E-state index contributed by atoms with van der Waals surface area (Å²) in [6.45, 7) is 1.75. The maximum Gasteiger partial charge on any atom is 0.277 e. The Morgan fingerprint density at radius 2 is 1.69 bits per heavy atom. The second kappa shape index (κ2) is 10.1. The SMILES string of the molecule is C[C@H](Oc1ccc(F)cc1)c1nnc(SCC(=O)Nc2ccc(-c3ccccc3)cc2)o1. The van der Waals surface area contributed by atoms with Gasteiger partial charge in [0.15, 0.2) is 6.10 Å². The lowest BCUT2D eigenvalue weighted by Crippen LogP contribution is -2.13. The quantitative estimate of drug-likeness (QED) is 0.345. The molecule has 0 saturated carbocycles. The van der Waals surface area contributed by atoms with Gasteiger partial charge < -0.3 is 14.5 Å². The normalized spacial score (nSPS) is 11.7. The molecular formula is C24H20FN3O3S. The number of amides is 1. The molecule has 0 aliphatic heterocycles. The summed E-state index contributed by atoms with van der Waals surface area (Å²) >= 11 is 1.14. The molecule has 6 nitrogen and oxygen atoms in total. The fraction of sp³-hybridized carbons (Fsp3) is 0.125. The third kappa shape index (κ3) is 5.73. The molecule has 1 heterocycles. The van der Waals surface area contributed by atoms with Gasteiger partial charge in [-0.3, -0.25) is 4.79 Å². The van der Waals surface area contributed by atoms with Gasteiger partial charge in [0.1, 0.15) is 11.6 Å². The third-order valence-electron chi connectivity index (χ3n) is 4.50. The second-order valence-electron chi connectivity index (χ2n) is 6.90. The van der Waals surface area contributed by atoms with Crippen LogP contribution in [0.25, 0.3) is 11.1 Å². The van der Waals surface area contributed by atoms with Gasteiger partial charge in [0.25, 0.3) is 11.1 Å². The summed E-state index contributed by atoms with van der Waals surface area (Å²) < 4.78 is 24.2. The van der Waals surface area contributed by atoms with E-state index in [1.165, 1.54) is 24.3 Å². The zero-order chi connectivity index (χ0) is 22.3. The standard InChI is InChI=1S/C24H20FN3O3S/c1-16(30-21-13-9-19(25)10-14-21)23-27-28-24(31-23)32-15-22(29)26-20-11-7-18(8-12-20)17-5-3-2-4-6-17/h2-14,16H,15H2,1H3,(H,26,29)/t16-/m0/s1. The highest BCUT2D eigenvalue weighted by Crippen LogP contribution is 2.25. The van der Waals surface area contributed by atoms with Crippen molar-refractivity contribution in [1.29, 1.82) is 0 Å². The lowest BCUT2D eigenvalue weighted by molar-refractivity contribution is -0.113. The van der Waals surface area contributed by atoms with Gasteiger partial charge in [0.05, 0.1) is 5.75 Å². The van der Waals surface area contributed by atoms with Crippen LogP contribution in [0.5, 0.6) is 5.75 Å². The number of nitrogens with zero attached hydrogens (tertiary/aromatic N) is 2. The molecule has 0 unspecified atom stereocenters. The zero-order valence-corrected chi connectivity index (χ0v) is 18.0. The topological polar surface area (TPSA) is 77.2 Å². The minimum absolute atomic E-state index is 0.120. The number of carbonyl (C=O) groups excluding carboxylic acids is 1. The van der Waals surface area contributed by atoms with Gasteiger partial charge in [0, 0.05) is 5.69 Å². The monoisotopic (exact) mass is 449 g/mol. The molecule has 32 heavy (non-hydrogen) atoms. The van der Waals surface area contributed by atoms with Crippen molar-refractivity contribution < 1.29 is 18.3 Å². The van der Waals surface area contributed by atoms with Crippen LogP contribution in [0.15, 0.2) is 88.5 Å². The van der Waals surface area contributed by atoms with Gasteiger partial charge >= 0.3 is 0 Å². The molecule has 1 amide bonds. The highest BCUT2D eigenvalue weighted by Gasteiger charge is 2.17. The van der Waals surface area contributed by atoms with E-state index in [1.807, 2.05) is 54.6 Å². The van der Waals surface area contributed by atoms with E-state index in [4.69, 9.17) is 9.15 Å². The smallest absolute Gasteiger partial charge is 0.277 e. The summed E-state index contributed by atoms with van der Waals surface area (Å²) in [5.74, 6) is 0.359. The number of halogens is 1. The van der Waals surface area contributed by atoms with Crippen molar-refractivity contribution in [3.63, 3.8) is 0 Å². The number of carbonyl (C=O) groups is 1. The largest absolute Gasteiger partial charge is 0.481 e. The van der Waals surface area contributed by atoms with E-state index in [0.29, 0.717) is 11.4 Å². The number of thioether (sulfide) groups is 1. The summed E-state index contributed by atoms with van der Waals surface area (Å²) in [5.41, 5.74) is 2.90. The first-order chi connectivity index (χ1) is 15.6. The zero-order valence-electron chi connectivity index (χ0n) is 17.2. The maximum absolute atomic E-state index is 13.0. The van der Waals surface area contributed by atoms with E-state index in [9.17, 15) is 9.18 Å². The van der Waals surface area contributed by atoms with Gasteiger partial charge in [-0.05, 0) is 54.4 Å². The molecule has 8 heteroatoms. The summed E-state index contributed by atoms with van der Waals surface area (Å²) in [6, 6.07) is 23.3. The Morgan fingerprint density at radius 1 is 1.00 bits per heavy atom. The predicted octanol–water partition coefficient (Wildman–Crippen LogP) is 5.75. The van der Waals surface area contributed by atoms with Crippen molar-refractivity contribution in [3.05, 3.63) is 90.6 Å². The highest BCUT2D eigenvalue weighted by molar-refractivity contribution is 7.99. The van der Waals surface area contributed by atoms with Crippen LogP contribution >= 0.6 is 11.8 Å². The average Bonchev–Trinajstić information content (AvgIpc) is 3.30. The Balaban J connectivity index is 1.27. The van der Waals surface area contributed by atoms with Crippen LogP contribution in [0, 0.1) is 5.82 Å². The number of rotatable bonds is 8. The molecule has 1 N–H and O–H groups in total. The molecule has 0 spiro atoms. The first-order valence-electron chi connectivity index (χ1n) is 9.90. The molecule has 0 aliphatic rings. The third-order valence-corrected chi connectivity index (χ3v) is 5.32. The van der Waals surface area contributed by atoms with Crippen molar-refractivity contribution in [3.8, 4) is 16.9 Å². The summed E-state index contributed by atoms with van der Waals surface area (Å²) in [5, 5.41) is 11.0. The van der Waals surface area contributed by atoms with Gasteiger partial charge in [-0.1, -0.05) is 54.2 Å². The van der Waals surface area contributed by atoms with Gasteiger partial charge in [-0.25, -0.2) is 4.39 Å². The van der Waals surface area contributed by atoms with E-state index >= 15 is 0 Å². The minimum Gasteiger partial charge on any atom is -0.481 e. The molecule has 1 atom stereocenters. The molecular weight excluding hydrogens is 429 g/mol. The summed E-state index contributed by atoms with van der Waals surface area (Å²) in [6.07, 6.45) is -0.515. The van der Waals surface area contributed by atoms with Crippen molar-refractivity contribution in [2.45, 2.75) is 18.3 Å². The fourth-order valence-corrected chi connectivity index (χ4v) is 3.48. The predicted molar refractivity (Wildman–Crippen MR) is 121 cm³/mol. The van der Waals surface area contributed by atoms with E-state index < -0.39 is 6.10 Å². The number of anilines is 1. The average molecular weight is 450 g/mol. The van der Waals surface area contributed by atoms with E-state index in [2.05, 4.69) is 15.5 Å². The van der Waals surface area contributed by atoms with Crippen LogP contribution in [-0.4, -0.2) is 21.9 Å². The molecule has 162 valence electrons. The number of benzene rings is 3. The number of nitrogens with one attached hydrogen (secondary N) is 1.